The lowest BCUT2D eigenvalue weighted by Gasteiger charge is -2.21. The van der Waals surface area contributed by atoms with Crippen molar-refractivity contribution >= 4 is 16.4 Å². The minimum absolute atomic E-state index is 0.696. The van der Waals surface area contributed by atoms with Gasteiger partial charge in [-0.2, -0.15) is 12.8 Å². The molecule has 66 valence electrons. The van der Waals surface area contributed by atoms with E-state index in [1.807, 2.05) is 0 Å². The minimum atomic E-state index is -3.42. The average Bonchev–Trinajstić information content (AvgIpc) is 2.02. The highest BCUT2D eigenvalue weighted by Crippen LogP contribution is 2.13. The van der Waals surface area contributed by atoms with Gasteiger partial charge in [0.05, 0.1) is 0 Å². The zero-order chi connectivity index (χ0) is 8.60. The molecule has 12 heavy (non-hydrogen) atoms. The molecule has 0 aliphatic carbocycles. The van der Waals surface area contributed by atoms with Crippen LogP contribution in [0.3, 0.4) is 0 Å². The molecule has 6 heteroatoms. The summed E-state index contributed by atoms with van der Waals surface area (Å²) in [6, 6.07) is 0. The van der Waals surface area contributed by atoms with Gasteiger partial charge in [0.1, 0.15) is 0 Å². The summed E-state index contributed by atoms with van der Waals surface area (Å²) in [6.07, 6.45) is 2.13. The molecule has 0 saturated heterocycles. The Kier molecular flexibility index (Phi) is 1.66. The monoisotopic (exact) mass is 187 g/mol. The lowest BCUT2D eigenvalue weighted by atomic mass is 10.1. The Morgan fingerprint density at radius 1 is 1.50 bits per heavy atom. The molecule has 0 spiro atoms. The molecule has 2 N–H and O–H groups in total. The Morgan fingerprint density at radius 3 is 3.17 bits per heavy atom. The lowest BCUT2D eigenvalue weighted by Crippen LogP contribution is -2.35. The van der Waals surface area contributed by atoms with E-state index in [4.69, 9.17) is 0 Å². The van der Waals surface area contributed by atoms with E-state index in [1.165, 1.54) is 6.21 Å². The predicted octanol–water partition coefficient (Wildman–Crippen LogP) is -0.847. The van der Waals surface area contributed by atoms with Crippen LogP contribution in [0.25, 0.3) is 0 Å². The second-order valence-corrected chi connectivity index (χ2v) is 4.11. The number of hydrogen-bond acceptors (Lipinski definition) is 3. The second-order valence-electron chi connectivity index (χ2n) is 2.74. The van der Waals surface area contributed by atoms with Crippen molar-refractivity contribution in [3.8, 4) is 0 Å². The summed E-state index contributed by atoms with van der Waals surface area (Å²) in [5.74, 6) is 0. The topological polar surface area (TPSA) is 70.6 Å². The Bertz CT molecular complexity index is 355. The van der Waals surface area contributed by atoms with Crippen LogP contribution in [0.4, 0.5) is 0 Å². The highest BCUT2D eigenvalue weighted by molar-refractivity contribution is 7.88. The van der Waals surface area contributed by atoms with E-state index in [2.05, 4.69) is 14.4 Å². The molecule has 0 unspecified atom stereocenters. The summed E-state index contributed by atoms with van der Waals surface area (Å²) >= 11 is 0. The van der Waals surface area contributed by atoms with Gasteiger partial charge in [-0.15, -0.1) is 0 Å². The molecule has 0 atom stereocenters. The van der Waals surface area contributed by atoms with Crippen molar-refractivity contribution in [2.24, 2.45) is 4.40 Å². The lowest BCUT2D eigenvalue weighted by molar-refractivity contribution is 0.582. The van der Waals surface area contributed by atoms with Crippen molar-refractivity contribution in [2.45, 2.75) is 6.42 Å². The van der Waals surface area contributed by atoms with Crippen molar-refractivity contribution in [3.63, 3.8) is 0 Å². The fraction of sp³-hybridized carbons (Fsp3) is 0.500. The second kappa shape index (κ2) is 2.56. The van der Waals surface area contributed by atoms with Gasteiger partial charge in [-0.3, -0.25) is 4.72 Å². The maximum atomic E-state index is 10.9. The maximum Gasteiger partial charge on any atom is 0.341 e. The smallest absolute Gasteiger partial charge is 0.312 e. The third-order valence-corrected chi connectivity index (χ3v) is 2.74. The summed E-state index contributed by atoms with van der Waals surface area (Å²) in [4.78, 5) is 0. The molecule has 2 aliphatic heterocycles. The van der Waals surface area contributed by atoms with Gasteiger partial charge in [0.2, 0.25) is 0 Å². The SMILES string of the molecule is O=S1(=O)N=CC2=C(CCNC2)N1. The highest BCUT2D eigenvalue weighted by Gasteiger charge is 2.20. The van der Waals surface area contributed by atoms with Crippen LogP contribution in [0, 0.1) is 0 Å². The van der Waals surface area contributed by atoms with Gasteiger partial charge in [-0.05, 0) is 0 Å². The van der Waals surface area contributed by atoms with Crippen molar-refractivity contribution in [1.29, 1.82) is 0 Å². The van der Waals surface area contributed by atoms with Crippen LogP contribution >= 0.6 is 0 Å². The molecule has 2 aliphatic rings. The summed E-state index contributed by atoms with van der Waals surface area (Å²) in [7, 11) is -3.42. The van der Waals surface area contributed by atoms with Crippen LogP contribution in [0.1, 0.15) is 6.42 Å². The predicted molar refractivity (Wildman–Crippen MR) is 45.1 cm³/mol. The molecular formula is C6H9N3O2S. The molecule has 0 saturated carbocycles. The molecule has 2 heterocycles. The van der Waals surface area contributed by atoms with E-state index in [9.17, 15) is 8.42 Å². The van der Waals surface area contributed by atoms with Gasteiger partial charge in [0.15, 0.2) is 0 Å². The Morgan fingerprint density at radius 2 is 2.33 bits per heavy atom. The Labute approximate surface area is 70.8 Å². The van der Waals surface area contributed by atoms with Gasteiger partial charge < -0.3 is 5.32 Å². The fourth-order valence-electron chi connectivity index (χ4n) is 1.26. The number of nitrogens with zero attached hydrogens (tertiary/aromatic N) is 1. The standard InChI is InChI=1S/C6H9N3O2S/c10-12(11)8-4-5-3-7-2-1-6(5)9-12/h4,7,9H,1-3H2. The third kappa shape index (κ3) is 1.35. The van der Waals surface area contributed by atoms with Crippen LogP contribution in [0.5, 0.6) is 0 Å². The fourth-order valence-corrected chi connectivity index (χ4v) is 2.12. The Hall–Kier alpha value is -0.880. The molecule has 0 aromatic carbocycles. The maximum absolute atomic E-state index is 10.9. The molecule has 2 rings (SSSR count). The molecule has 5 nitrogen and oxygen atoms in total. The van der Waals surface area contributed by atoms with E-state index in [1.54, 1.807) is 0 Å². The van der Waals surface area contributed by atoms with Crippen LogP contribution in [-0.2, 0) is 10.2 Å². The molecule has 0 aromatic heterocycles. The first-order chi connectivity index (χ1) is 5.67. The van der Waals surface area contributed by atoms with E-state index in [-0.39, 0.29) is 0 Å². The quantitative estimate of drug-likeness (QED) is 0.519. The highest BCUT2D eigenvalue weighted by atomic mass is 32.2. The first-order valence-corrected chi connectivity index (χ1v) is 5.12. The molecular weight excluding hydrogens is 178 g/mol. The first-order valence-electron chi connectivity index (χ1n) is 3.68. The summed E-state index contributed by atoms with van der Waals surface area (Å²) in [6.45, 7) is 1.51. The summed E-state index contributed by atoms with van der Waals surface area (Å²) in [5, 5.41) is 3.13. The number of rotatable bonds is 0. The zero-order valence-electron chi connectivity index (χ0n) is 6.37. The minimum Gasteiger partial charge on any atom is -0.312 e. The number of nitrogens with one attached hydrogen (secondary N) is 2. The largest absolute Gasteiger partial charge is 0.341 e. The normalized spacial score (nSPS) is 26.3. The van der Waals surface area contributed by atoms with Crippen LogP contribution in [0.2, 0.25) is 0 Å². The molecule has 0 radical (unpaired) electrons. The Balaban J connectivity index is 2.35. The van der Waals surface area contributed by atoms with E-state index in [0.717, 1.165) is 24.2 Å². The van der Waals surface area contributed by atoms with Crippen LogP contribution < -0.4 is 10.0 Å². The van der Waals surface area contributed by atoms with Gasteiger partial charge in [0.25, 0.3) is 0 Å². The molecule has 0 amide bonds. The van der Waals surface area contributed by atoms with Crippen LogP contribution in [0.15, 0.2) is 15.7 Å². The first kappa shape index (κ1) is 7.75. The molecule has 0 aromatic rings. The van der Waals surface area contributed by atoms with Gasteiger partial charge in [-0.1, -0.05) is 0 Å². The van der Waals surface area contributed by atoms with Gasteiger partial charge >= 0.3 is 10.2 Å². The van der Waals surface area contributed by atoms with E-state index >= 15 is 0 Å². The average molecular weight is 187 g/mol. The number of hydrogen-bond donors (Lipinski definition) is 2. The van der Waals surface area contributed by atoms with Gasteiger partial charge in [0, 0.05) is 37.0 Å². The molecule has 0 fully saturated rings. The summed E-state index contributed by atoms with van der Waals surface area (Å²) in [5.41, 5.74) is 1.72. The van der Waals surface area contributed by atoms with Crippen molar-refractivity contribution in [2.75, 3.05) is 13.1 Å². The van der Waals surface area contributed by atoms with Gasteiger partial charge in [-0.25, -0.2) is 0 Å². The van der Waals surface area contributed by atoms with E-state index in [0.29, 0.717) is 6.54 Å². The van der Waals surface area contributed by atoms with Crippen molar-refractivity contribution < 1.29 is 8.42 Å². The van der Waals surface area contributed by atoms with Crippen LogP contribution in [-0.4, -0.2) is 27.7 Å². The van der Waals surface area contributed by atoms with Crippen molar-refractivity contribution in [1.82, 2.24) is 10.0 Å². The molecule has 0 bridgehead atoms. The third-order valence-electron chi connectivity index (χ3n) is 1.85. The van der Waals surface area contributed by atoms with E-state index < -0.39 is 10.2 Å². The summed E-state index contributed by atoms with van der Waals surface area (Å²) < 4.78 is 27.7. The zero-order valence-corrected chi connectivity index (χ0v) is 7.19. The van der Waals surface area contributed by atoms with Crippen molar-refractivity contribution in [3.05, 3.63) is 11.3 Å².